The summed E-state index contributed by atoms with van der Waals surface area (Å²) in [5.74, 6) is 0. The van der Waals surface area contributed by atoms with Crippen LogP contribution in [0.5, 0.6) is 0 Å². The summed E-state index contributed by atoms with van der Waals surface area (Å²) < 4.78 is 41.2. The van der Waals surface area contributed by atoms with Crippen molar-refractivity contribution in [2.75, 3.05) is 0 Å². The first-order valence-electron chi connectivity index (χ1n) is 3.07. The summed E-state index contributed by atoms with van der Waals surface area (Å²) in [5, 5.41) is -0.0649. The van der Waals surface area contributed by atoms with Gasteiger partial charge in [-0.05, 0) is 12.1 Å². The first-order valence-corrected chi connectivity index (χ1v) is 6.55. The summed E-state index contributed by atoms with van der Waals surface area (Å²) >= 11 is 5.53. The van der Waals surface area contributed by atoms with E-state index < -0.39 is 19.0 Å². The molecule has 0 aliphatic rings. The Kier molecular flexibility index (Phi) is 3.07. The van der Waals surface area contributed by atoms with E-state index in [0.717, 1.165) is 0 Å². The highest BCUT2D eigenvalue weighted by Gasteiger charge is 2.23. The monoisotopic (exact) mass is 240 g/mol. The van der Waals surface area contributed by atoms with Gasteiger partial charge in [0.15, 0.2) is 0 Å². The maximum absolute atomic E-state index is 11.1. The van der Waals surface area contributed by atoms with Crippen LogP contribution in [0.2, 0.25) is 5.02 Å². The lowest BCUT2D eigenvalue weighted by atomic mass is 10.4. The fraction of sp³-hybridized carbons (Fsp3) is 0. The summed E-state index contributed by atoms with van der Waals surface area (Å²) in [4.78, 5) is -0.336. The highest BCUT2D eigenvalue weighted by molar-refractivity contribution is 8.62. The molecule has 1 N–H and O–H groups in total. The summed E-state index contributed by atoms with van der Waals surface area (Å²) in [6.07, 6.45) is 0. The van der Waals surface area contributed by atoms with E-state index in [-0.39, 0.29) is 9.92 Å². The minimum Gasteiger partial charge on any atom is -0.294 e. The molecule has 0 saturated heterocycles. The molecule has 1 unspecified atom stereocenters. The van der Waals surface area contributed by atoms with Crippen molar-refractivity contribution in [2.24, 2.45) is 0 Å². The fourth-order valence-electron chi connectivity index (χ4n) is 0.724. The van der Waals surface area contributed by atoms with Crippen LogP contribution in [0, 0.1) is 0 Å². The Hall–Kier alpha value is -0.430. The van der Waals surface area contributed by atoms with Crippen LogP contribution < -0.4 is 0 Å². The van der Waals surface area contributed by atoms with Crippen LogP contribution in [-0.2, 0) is 19.0 Å². The van der Waals surface area contributed by atoms with Crippen molar-refractivity contribution in [1.82, 2.24) is 0 Å². The van der Waals surface area contributed by atoms with Crippen molar-refractivity contribution < 1.29 is 17.2 Å². The van der Waals surface area contributed by atoms with Gasteiger partial charge in [-0.3, -0.25) is 4.55 Å². The van der Waals surface area contributed by atoms with Gasteiger partial charge in [0, 0.05) is 0 Å². The lowest BCUT2D eigenvalue weighted by Crippen LogP contribution is -2.07. The zero-order valence-electron chi connectivity index (χ0n) is 6.18. The first-order chi connectivity index (χ1) is 5.96. The lowest BCUT2D eigenvalue weighted by molar-refractivity contribution is 0.562. The van der Waals surface area contributed by atoms with Crippen molar-refractivity contribution in [3.05, 3.63) is 29.3 Å². The Bertz CT molecular complexity index is 440. The van der Waals surface area contributed by atoms with Crippen LogP contribution in [-0.4, -0.2) is 17.2 Å². The fourth-order valence-corrected chi connectivity index (χ4v) is 2.90. The Morgan fingerprint density at radius 3 is 2.31 bits per heavy atom. The van der Waals surface area contributed by atoms with E-state index in [1.54, 1.807) is 0 Å². The number of halogens is 1. The molecular formula is C6H5ClO4S2. The molecular weight excluding hydrogens is 236 g/mol. The van der Waals surface area contributed by atoms with Gasteiger partial charge in [-0.15, -0.1) is 0 Å². The number of benzene rings is 1. The predicted octanol–water partition coefficient (Wildman–Crippen LogP) is 1.25. The van der Waals surface area contributed by atoms with Gasteiger partial charge in [0.25, 0.3) is 19.0 Å². The molecule has 0 spiro atoms. The van der Waals surface area contributed by atoms with E-state index >= 15 is 0 Å². The van der Waals surface area contributed by atoms with E-state index in [0.29, 0.717) is 0 Å². The average molecular weight is 241 g/mol. The molecule has 7 heteroatoms. The van der Waals surface area contributed by atoms with E-state index in [4.69, 9.17) is 16.2 Å². The molecule has 0 aliphatic heterocycles. The molecule has 1 rings (SSSR count). The Labute approximate surface area is 82.1 Å². The first kappa shape index (κ1) is 10.6. The molecule has 0 radical (unpaired) electrons. The Morgan fingerprint density at radius 2 is 1.85 bits per heavy atom. The highest BCUT2D eigenvalue weighted by atomic mass is 35.5. The molecule has 0 fully saturated rings. The summed E-state index contributed by atoms with van der Waals surface area (Å²) in [6.45, 7) is 0. The topological polar surface area (TPSA) is 71.4 Å². The third kappa shape index (κ3) is 2.08. The van der Waals surface area contributed by atoms with Gasteiger partial charge in [-0.1, -0.05) is 23.7 Å². The molecule has 1 aromatic rings. The predicted molar refractivity (Wildman–Crippen MR) is 49.4 cm³/mol. The lowest BCUT2D eigenvalue weighted by Gasteiger charge is -2.00. The number of hydrogen-bond acceptors (Lipinski definition) is 3. The Morgan fingerprint density at radius 1 is 1.31 bits per heavy atom. The van der Waals surface area contributed by atoms with Gasteiger partial charge >= 0.3 is 0 Å². The summed E-state index contributed by atoms with van der Waals surface area (Å²) in [6, 6.07) is 5.46. The van der Waals surface area contributed by atoms with Crippen molar-refractivity contribution >= 4 is 30.6 Å². The molecule has 0 heterocycles. The molecule has 72 valence electrons. The summed E-state index contributed by atoms with van der Waals surface area (Å²) in [7, 11) is -7.16. The zero-order valence-corrected chi connectivity index (χ0v) is 8.56. The van der Waals surface area contributed by atoms with Gasteiger partial charge in [-0.2, -0.15) is 0 Å². The van der Waals surface area contributed by atoms with Crippen molar-refractivity contribution in [3.63, 3.8) is 0 Å². The minimum absolute atomic E-state index is 0.0649. The minimum atomic E-state index is -4.21. The van der Waals surface area contributed by atoms with E-state index in [1.165, 1.54) is 24.3 Å². The molecule has 1 aromatic carbocycles. The van der Waals surface area contributed by atoms with Gasteiger partial charge in [0.05, 0.1) is 5.02 Å². The summed E-state index contributed by atoms with van der Waals surface area (Å²) in [5.41, 5.74) is 0. The van der Waals surface area contributed by atoms with Crippen LogP contribution in [0.3, 0.4) is 0 Å². The normalized spacial score (nSPS) is 14.0. The third-order valence-corrected chi connectivity index (χ3v) is 4.67. The van der Waals surface area contributed by atoms with Gasteiger partial charge in [0.1, 0.15) is 4.90 Å². The standard InChI is InChI=1S/C6H5ClO4S2/c7-5-3-1-2-4-6(5)13(10,11)12(8)9/h1-4H,(H,8,9). The molecule has 0 aromatic heterocycles. The van der Waals surface area contributed by atoms with E-state index in [9.17, 15) is 12.6 Å². The smallest absolute Gasteiger partial charge is 0.284 e. The van der Waals surface area contributed by atoms with Gasteiger partial charge in [-0.25, -0.2) is 12.6 Å². The second-order valence-electron chi connectivity index (χ2n) is 2.10. The average Bonchev–Trinajstić information content (AvgIpc) is 2.04. The second kappa shape index (κ2) is 3.75. The molecule has 13 heavy (non-hydrogen) atoms. The van der Waals surface area contributed by atoms with Crippen LogP contribution >= 0.6 is 11.6 Å². The van der Waals surface area contributed by atoms with Gasteiger partial charge < -0.3 is 0 Å². The second-order valence-corrected chi connectivity index (χ2v) is 6.46. The van der Waals surface area contributed by atoms with Crippen LogP contribution in [0.15, 0.2) is 29.2 Å². The van der Waals surface area contributed by atoms with E-state index in [1.807, 2.05) is 0 Å². The molecule has 0 saturated carbocycles. The third-order valence-electron chi connectivity index (χ3n) is 1.29. The molecule has 4 nitrogen and oxygen atoms in total. The maximum atomic E-state index is 11.1. The van der Waals surface area contributed by atoms with Gasteiger partial charge in [0.2, 0.25) is 0 Å². The van der Waals surface area contributed by atoms with Crippen LogP contribution in [0.1, 0.15) is 0 Å². The van der Waals surface area contributed by atoms with Crippen molar-refractivity contribution in [2.45, 2.75) is 4.90 Å². The highest BCUT2D eigenvalue weighted by Crippen LogP contribution is 2.22. The van der Waals surface area contributed by atoms with Crippen molar-refractivity contribution in [1.29, 1.82) is 0 Å². The number of hydrogen-bond donors (Lipinski definition) is 1. The number of rotatable bonds is 2. The van der Waals surface area contributed by atoms with Crippen LogP contribution in [0.4, 0.5) is 0 Å². The SMILES string of the molecule is O=S(O)S(=O)(=O)c1ccccc1Cl. The van der Waals surface area contributed by atoms with E-state index in [2.05, 4.69) is 0 Å². The quantitative estimate of drug-likeness (QED) is 0.624. The zero-order chi connectivity index (χ0) is 10.1. The molecule has 0 bridgehead atoms. The molecule has 1 atom stereocenters. The molecule has 0 amide bonds. The Balaban J connectivity index is 3.40. The largest absolute Gasteiger partial charge is 0.294 e. The van der Waals surface area contributed by atoms with Crippen LogP contribution in [0.25, 0.3) is 0 Å². The molecule has 0 aliphatic carbocycles. The maximum Gasteiger partial charge on any atom is 0.284 e. The van der Waals surface area contributed by atoms with Crippen molar-refractivity contribution in [3.8, 4) is 0 Å².